The van der Waals surface area contributed by atoms with E-state index in [1.54, 1.807) is 0 Å². The van der Waals surface area contributed by atoms with Gasteiger partial charge in [-0.25, -0.2) is 4.79 Å². The van der Waals surface area contributed by atoms with Crippen LogP contribution in [0, 0.1) is 0 Å². The Balaban J connectivity index is 2.18. The van der Waals surface area contributed by atoms with Gasteiger partial charge in [-0.15, -0.1) is 0 Å². The maximum absolute atomic E-state index is 12.3. The van der Waals surface area contributed by atoms with Gasteiger partial charge in [-0.1, -0.05) is 30.9 Å². The zero-order valence-electron chi connectivity index (χ0n) is 11.0. The molecule has 6 heteroatoms. The fourth-order valence-corrected chi connectivity index (χ4v) is 2.58. The van der Waals surface area contributed by atoms with Crippen molar-refractivity contribution in [2.45, 2.75) is 37.6 Å². The van der Waals surface area contributed by atoms with Crippen LogP contribution < -0.4 is 11.1 Å². The third-order valence-electron chi connectivity index (χ3n) is 3.66. The first-order valence-electron chi connectivity index (χ1n) is 6.55. The molecule has 1 fully saturated rings. The SMILES string of the molecule is NC1(C(=O)Nc2cc(C(=O)O)ccc2Cl)CCCCC1. The summed E-state index contributed by atoms with van der Waals surface area (Å²) in [7, 11) is 0. The lowest BCUT2D eigenvalue weighted by Crippen LogP contribution is -2.52. The molecule has 1 aromatic rings. The summed E-state index contributed by atoms with van der Waals surface area (Å²) < 4.78 is 0. The lowest BCUT2D eigenvalue weighted by molar-refractivity contribution is -0.122. The molecule has 0 spiro atoms. The third-order valence-corrected chi connectivity index (χ3v) is 3.99. The van der Waals surface area contributed by atoms with E-state index in [4.69, 9.17) is 22.4 Å². The molecule has 20 heavy (non-hydrogen) atoms. The number of hydrogen-bond acceptors (Lipinski definition) is 3. The Morgan fingerprint density at radius 2 is 1.90 bits per heavy atom. The minimum Gasteiger partial charge on any atom is -0.478 e. The quantitative estimate of drug-likeness (QED) is 0.799. The molecule has 0 radical (unpaired) electrons. The highest BCUT2D eigenvalue weighted by Crippen LogP contribution is 2.29. The molecule has 0 unspecified atom stereocenters. The average Bonchev–Trinajstić information content (AvgIpc) is 2.41. The third kappa shape index (κ3) is 3.11. The Morgan fingerprint density at radius 1 is 1.25 bits per heavy atom. The smallest absolute Gasteiger partial charge is 0.335 e. The minimum atomic E-state index is -1.07. The molecule has 0 atom stereocenters. The molecule has 0 heterocycles. The highest BCUT2D eigenvalue weighted by atomic mass is 35.5. The van der Waals surface area contributed by atoms with Crippen molar-refractivity contribution >= 4 is 29.2 Å². The lowest BCUT2D eigenvalue weighted by atomic mass is 9.82. The number of aromatic carboxylic acids is 1. The molecule has 1 amide bonds. The van der Waals surface area contributed by atoms with Crippen LogP contribution in [0.5, 0.6) is 0 Å². The predicted molar refractivity (Wildman–Crippen MR) is 77.0 cm³/mol. The van der Waals surface area contributed by atoms with E-state index in [1.807, 2.05) is 0 Å². The van der Waals surface area contributed by atoms with E-state index in [1.165, 1.54) is 18.2 Å². The fraction of sp³-hybridized carbons (Fsp3) is 0.429. The van der Waals surface area contributed by atoms with Crippen LogP contribution in [-0.2, 0) is 4.79 Å². The van der Waals surface area contributed by atoms with Gasteiger partial charge in [0.15, 0.2) is 0 Å². The monoisotopic (exact) mass is 296 g/mol. The van der Waals surface area contributed by atoms with Gasteiger partial charge in [0, 0.05) is 0 Å². The number of halogens is 1. The minimum absolute atomic E-state index is 0.0689. The molecule has 1 aliphatic carbocycles. The summed E-state index contributed by atoms with van der Waals surface area (Å²) >= 11 is 5.98. The Hall–Kier alpha value is -1.59. The van der Waals surface area contributed by atoms with Gasteiger partial charge < -0.3 is 16.2 Å². The number of amides is 1. The largest absolute Gasteiger partial charge is 0.478 e. The van der Waals surface area contributed by atoms with E-state index in [-0.39, 0.29) is 17.2 Å². The van der Waals surface area contributed by atoms with Gasteiger partial charge in [0.25, 0.3) is 0 Å². The lowest BCUT2D eigenvalue weighted by Gasteiger charge is -2.31. The maximum Gasteiger partial charge on any atom is 0.335 e. The standard InChI is InChI=1S/C14H17ClN2O3/c15-10-5-4-9(12(18)19)8-11(10)17-13(20)14(16)6-2-1-3-7-14/h4-5,8H,1-3,6-7,16H2,(H,17,20)(H,18,19). The van der Waals surface area contributed by atoms with Crippen LogP contribution in [0.4, 0.5) is 5.69 Å². The fourth-order valence-electron chi connectivity index (χ4n) is 2.41. The average molecular weight is 297 g/mol. The molecule has 1 aliphatic rings. The summed E-state index contributed by atoms with van der Waals surface area (Å²) in [5, 5.41) is 11.9. The summed E-state index contributed by atoms with van der Waals surface area (Å²) in [5.41, 5.74) is 5.59. The normalized spacial score (nSPS) is 17.5. The topological polar surface area (TPSA) is 92.4 Å². The molecule has 4 N–H and O–H groups in total. The molecule has 1 saturated carbocycles. The van der Waals surface area contributed by atoms with Crippen molar-refractivity contribution in [2.75, 3.05) is 5.32 Å². The number of anilines is 1. The summed E-state index contributed by atoms with van der Waals surface area (Å²) in [4.78, 5) is 23.2. The van der Waals surface area contributed by atoms with Crippen LogP contribution >= 0.6 is 11.6 Å². The number of hydrogen-bond donors (Lipinski definition) is 3. The van der Waals surface area contributed by atoms with E-state index in [0.717, 1.165) is 19.3 Å². The van der Waals surface area contributed by atoms with Gasteiger partial charge in [-0.05, 0) is 31.0 Å². The van der Waals surface area contributed by atoms with Gasteiger partial charge in [0.05, 0.1) is 21.8 Å². The Labute approximate surface area is 122 Å². The number of rotatable bonds is 3. The summed E-state index contributed by atoms with van der Waals surface area (Å²) in [6.45, 7) is 0. The van der Waals surface area contributed by atoms with E-state index in [2.05, 4.69) is 5.32 Å². The van der Waals surface area contributed by atoms with Gasteiger partial charge in [0.2, 0.25) is 5.91 Å². The van der Waals surface area contributed by atoms with Crippen molar-refractivity contribution < 1.29 is 14.7 Å². The molecule has 2 rings (SSSR count). The molecule has 0 bridgehead atoms. The summed E-state index contributed by atoms with van der Waals surface area (Å²) in [6.07, 6.45) is 4.20. The number of nitrogens with two attached hydrogens (primary N) is 1. The van der Waals surface area contributed by atoms with Gasteiger partial charge in [-0.2, -0.15) is 0 Å². The van der Waals surface area contributed by atoms with Crippen LogP contribution in [-0.4, -0.2) is 22.5 Å². The number of carboxylic acids is 1. The second kappa shape index (κ2) is 5.81. The Bertz CT molecular complexity index is 539. The first-order chi connectivity index (χ1) is 9.42. The molecule has 1 aromatic carbocycles. The second-order valence-corrected chi connectivity index (χ2v) is 5.58. The summed E-state index contributed by atoms with van der Waals surface area (Å²) in [5.74, 6) is -1.38. The van der Waals surface area contributed by atoms with Crippen molar-refractivity contribution in [1.29, 1.82) is 0 Å². The summed E-state index contributed by atoms with van der Waals surface area (Å²) in [6, 6.07) is 4.18. The van der Waals surface area contributed by atoms with Crippen LogP contribution in [0.3, 0.4) is 0 Å². The molecule has 0 aliphatic heterocycles. The van der Waals surface area contributed by atoms with Gasteiger partial charge >= 0.3 is 5.97 Å². The molecular formula is C14H17ClN2O3. The second-order valence-electron chi connectivity index (χ2n) is 5.17. The Kier molecular flexibility index (Phi) is 4.30. The highest BCUT2D eigenvalue weighted by Gasteiger charge is 2.35. The van der Waals surface area contributed by atoms with Crippen molar-refractivity contribution in [2.24, 2.45) is 5.73 Å². The van der Waals surface area contributed by atoms with E-state index >= 15 is 0 Å². The zero-order valence-corrected chi connectivity index (χ0v) is 11.7. The van der Waals surface area contributed by atoms with Crippen molar-refractivity contribution in [1.82, 2.24) is 0 Å². The molecule has 5 nitrogen and oxygen atoms in total. The molecule has 0 saturated heterocycles. The number of benzene rings is 1. The van der Waals surface area contributed by atoms with E-state index in [9.17, 15) is 9.59 Å². The van der Waals surface area contributed by atoms with Crippen molar-refractivity contribution in [3.63, 3.8) is 0 Å². The number of carboxylic acid groups (broad SMARTS) is 1. The van der Waals surface area contributed by atoms with Crippen LogP contribution in [0.25, 0.3) is 0 Å². The first kappa shape index (κ1) is 14.8. The van der Waals surface area contributed by atoms with E-state index in [0.29, 0.717) is 17.9 Å². The zero-order chi connectivity index (χ0) is 14.8. The van der Waals surface area contributed by atoms with Gasteiger partial charge in [-0.3, -0.25) is 4.79 Å². The Morgan fingerprint density at radius 3 is 2.50 bits per heavy atom. The highest BCUT2D eigenvalue weighted by molar-refractivity contribution is 6.34. The first-order valence-corrected chi connectivity index (χ1v) is 6.93. The van der Waals surface area contributed by atoms with Crippen molar-refractivity contribution in [3.8, 4) is 0 Å². The van der Waals surface area contributed by atoms with Gasteiger partial charge in [0.1, 0.15) is 0 Å². The number of nitrogens with one attached hydrogen (secondary N) is 1. The number of carbonyl (C=O) groups is 2. The van der Waals surface area contributed by atoms with Crippen LogP contribution in [0.2, 0.25) is 5.02 Å². The molecule has 108 valence electrons. The van der Waals surface area contributed by atoms with Crippen molar-refractivity contribution in [3.05, 3.63) is 28.8 Å². The molecule has 0 aromatic heterocycles. The number of carbonyl (C=O) groups excluding carboxylic acids is 1. The van der Waals surface area contributed by atoms with E-state index < -0.39 is 11.5 Å². The maximum atomic E-state index is 12.3. The van der Waals surface area contributed by atoms with Crippen LogP contribution in [0.1, 0.15) is 42.5 Å². The molecular weight excluding hydrogens is 280 g/mol. The van der Waals surface area contributed by atoms with Crippen LogP contribution in [0.15, 0.2) is 18.2 Å². The predicted octanol–water partition coefficient (Wildman–Crippen LogP) is 2.64.